The van der Waals surface area contributed by atoms with E-state index in [0.29, 0.717) is 11.4 Å². The van der Waals surface area contributed by atoms with E-state index in [-0.39, 0.29) is 33.2 Å². The number of aromatic amines is 1. The lowest BCUT2D eigenvalue weighted by Crippen LogP contribution is -2.71. The van der Waals surface area contributed by atoms with Crippen LogP contribution in [0.5, 0.6) is 0 Å². The summed E-state index contributed by atoms with van der Waals surface area (Å²) in [5.41, 5.74) is 12.5. The van der Waals surface area contributed by atoms with Crippen molar-refractivity contribution < 1.29 is 38.8 Å². The number of carbonyl (C=O) groups excluding carboxylic acids is 3. The van der Waals surface area contributed by atoms with Gasteiger partial charge >= 0.3 is 5.97 Å². The SMILES string of the molecule is C[C@H](O/N=C(\C(=O)NC1C(=O)N2C(C(=O)[O-])=C(C[n+]3cccc4[nH]c(N)cc43)CS[C@H]12)c1nc(N)sc1Cl)C(=O)O. The number of thiazole rings is 1. The van der Waals surface area contributed by atoms with Crippen molar-refractivity contribution >= 4 is 86.1 Å². The Morgan fingerprint density at radius 1 is 1.44 bits per heavy atom. The highest BCUT2D eigenvalue weighted by atomic mass is 35.5. The molecule has 2 aliphatic rings. The standard InChI is InChI=1S/C23H21ClN8O7S2/c1-8(21(35)36)39-30-14(13-17(24)41-23(26)29-13)18(33)28-15-19(34)32-16(22(37)38)9(7-40-20(15)32)6-31-4-2-3-10-11(31)5-12(25)27-10/h2-5,8,15,20H,6-7H2,1H3,(H7,25,26,27,28,29,33,35,36,37,38)/b30-14-/t8-,15?,20+/m0/s1. The molecule has 1 saturated heterocycles. The highest BCUT2D eigenvalue weighted by Gasteiger charge is 2.53. The largest absolute Gasteiger partial charge is 0.543 e. The number of anilines is 2. The number of fused-ring (bicyclic) bond motifs is 2. The quantitative estimate of drug-likeness (QED) is 0.0844. The van der Waals surface area contributed by atoms with E-state index in [4.69, 9.17) is 33.0 Å². The van der Waals surface area contributed by atoms with E-state index in [1.54, 1.807) is 22.9 Å². The van der Waals surface area contributed by atoms with Crippen LogP contribution < -0.4 is 26.5 Å². The number of nitrogen functional groups attached to an aromatic ring is 2. The number of nitrogens with one attached hydrogen (secondary N) is 2. The number of aromatic nitrogens is 3. The molecule has 214 valence electrons. The highest BCUT2D eigenvalue weighted by molar-refractivity contribution is 8.00. The van der Waals surface area contributed by atoms with Gasteiger partial charge < -0.3 is 41.6 Å². The van der Waals surface area contributed by atoms with Gasteiger partial charge in [0.1, 0.15) is 32.8 Å². The van der Waals surface area contributed by atoms with Gasteiger partial charge in [-0.25, -0.2) is 9.78 Å². The molecule has 3 aromatic heterocycles. The summed E-state index contributed by atoms with van der Waals surface area (Å²) in [4.78, 5) is 62.7. The molecule has 0 aromatic carbocycles. The minimum atomic E-state index is -1.53. The number of β-lactam (4-membered cyclic amide) rings is 1. The molecule has 0 bridgehead atoms. The summed E-state index contributed by atoms with van der Waals surface area (Å²) in [7, 11) is 0. The molecule has 7 N–H and O–H groups in total. The van der Waals surface area contributed by atoms with E-state index in [1.807, 2.05) is 6.07 Å². The Balaban J connectivity index is 1.39. The van der Waals surface area contributed by atoms with E-state index in [1.165, 1.54) is 18.7 Å². The predicted molar refractivity (Wildman–Crippen MR) is 146 cm³/mol. The zero-order chi connectivity index (χ0) is 29.6. The van der Waals surface area contributed by atoms with Crippen LogP contribution >= 0.6 is 34.7 Å². The molecule has 0 spiro atoms. The average Bonchev–Trinajstić information content (AvgIpc) is 3.47. The summed E-state index contributed by atoms with van der Waals surface area (Å²) in [5, 5.41) is 26.7. The molecular formula is C23H21ClN8O7S2. The van der Waals surface area contributed by atoms with Gasteiger partial charge in [-0.1, -0.05) is 28.1 Å². The normalized spacial score (nSPS) is 19.5. The molecule has 15 nitrogen and oxygen atoms in total. The van der Waals surface area contributed by atoms with Crippen molar-refractivity contribution in [3.63, 3.8) is 0 Å². The third-order valence-corrected chi connectivity index (χ3v) is 8.69. The Morgan fingerprint density at radius 3 is 2.85 bits per heavy atom. The number of hydrogen-bond donors (Lipinski definition) is 5. The van der Waals surface area contributed by atoms with Crippen LogP contribution in [0.1, 0.15) is 12.6 Å². The summed E-state index contributed by atoms with van der Waals surface area (Å²) >= 11 is 8.23. The number of rotatable bonds is 9. The van der Waals surface area contributed by atoms with Gasteiger partial charge in [-0.15, -0.1) is 11.8 Å². The third-order valence-electron chi connectivity index (χ3n) is 6.27. The Labute approximate surface area is 243 Å². The van der Waals surface area contributed by atoms with E-state index in [0.717, 1.165) is 27.3 Å². The number of carbonyl (C=O) groups is 4. The van der Waals surface area contributed by atoms with Crippen LogP contribution in [0.25, 0.3) is 11.0 Å². The number of halogens is 1. The number of oxime groups is 1. The number of carboxylic acids is 2. The number of carboxylic acid groups (broad SMARTS) is 2. The van der Waals surface area contributed by atoms with Crippen molar-refractivity contribution in [2.24, 2.45) is 5.16 Å². The van der Waals surface area contributed by atoms with Crippen molar-refractivity contribution in [3.05, 3.63) is 45.7 Å². The van der Waals surface area contributed by atoms with Gasteiger partial charge in [-0.05, 0) is 13.0 Å². The van der Waals surface area contributed by atoms with Gasteiger partial charge in [-0.2, -0.15) is 4.57 Å². The summed E-state index contributed by atoms with van der Waals surface area (Å²) in [6.45, 7) is 1.34. The molecule has 3 aromatic rings. The molecule has 0 saturated carbocycles. The van der Waals surface area contributed by atoms with Crippen molar-refractivity contribution in [3.8, 4) is 0 Å². The first kappa shape index (κ1) is 28.2. The van der Waals surface area contributed by atoms with Gasteiger partial charge in [0.15, 0.2) is 23.6 Å². The first-order chi connectivity index (χ1) is 19.5. The minimum absolute atomic E-state index is 0.0117. The van der Waals surface area contributed by atoms with Gasteiger partial charge in [0.2, 0.25) is 11.6 Å². The molecule has 1 unspecified atom stereocenters. The maximum absolute atomic E-state index is 13.2. The van der Waals surface area contributed by atoms with Crippen LogP contribution in [0.15, 0.2) is 40.8 Å². The van der Waals surface area contributed by atoms with Crippen LogP contribution in [0, 0.1) is 0 Å². The minimum Gasteiger partial charge on any atom is -0.543 e. The van der Waals surface area contributed by atoms with E-state index in [2.05, 4.69) is 20.4 Å². The number of pyridine rings is 1. The van der Waals surface area contributed by atoms with Crippen LogP contribution in [-0.2, 0) is 30.6 Å². The second kappa shape index (κ2) is 10.9. The maximum atomic E-state index is 13.2. The fourth-order valence-electron chi connectivity index (χ4n) is 4.35. The molecule has 0 aliphatic carbocycles. The molecule has 18 heteroatoms. The summed E-state index contributed by atoms with van der Waals surface area (Å²) in [5.74, 6) is -3.85. The monoisotopic (exact) mass is 620 g/mol. The number of amides is 2. The van der Waals surface area contributed by atoms with Gasteiger partial charge in [-0.3, -0.25) is 14.5 Å². The van der Waals surface area contributed by atoms with Gasteiger partial charge in [0.05, 0.1) is 17.7 Å². The third kappa shape index (κ3) is 5.25. The van der Waals surface area contributed by atoms with E-state index in [9.17, 15) is 24.3 Å². The Hall–Kier alpha value is -4.35. The number of nitrogens with two attached hydrogens (primary N) is 2. The lowest BCUT2D eigenvalue weighted by Gasteiger charge is -2.50. The Morgan fingerprint density at radius 2 is 2.20 bits per heavy atom. The number of H-pyrrole nitrogens is 1. The van der Waals surface area contributed by atoms with Crippen molar-refractivity contribution in [1.29, 1.82) is 0 Å². The highest BCUT2D eigenvalue weighted by Crippen LogP contribution is 2.40. The van der Waals surface area contributed by atoms with Crippen LogP contribution in [0.3, 0.4) is 0 Å². The topological polar surface area (TPSA) is 233 Å². The van der Waals surface area contributed by atoms with Crippen LogP contribution in [0.4, 0.5) is 10.9 Å². The second-order valence-electron chi connectivity index (χ2n) is 8.96. The number of hydrogen-bond acceptors (Lipinski definition) is 12. The lowest BCUT2D eigenvalue weighted by molar-refractivity contribution is -0.663. The van der Waals surface area contributed by atoms with Gasteiger partial charge in [0.25, 0.3) is 11.8 Å². The first-order valence-electron chi connectivity index (χ1n) is 11.8. The number of thioether (sulfide) groups is 1. The number of nitrogens with zero attached hydrogens (tertiary/aromatic N) is 4. The molecule has 41 heavy (non-hydrogen) atoms. The molecule has 2 aliphatic heterocycles. The summed E-state index contributed by atoms with van der Waals surface area (Å²) in [6.07, 6.45) is 0.348. The summed E-state index contributed by atoms with van der Waals surface area (Å²) in [6, 6.07) is 4.18. The van der Waals surface area contributed by atoms with Crippen molar-refractivity contribution in [1.82, 2.24) is 20.2 Å². The smallest absolute Gasteiger partial charge is 0.347 e. The molecule has 0 radical (unpaired) electrons. The molecule has 3 atom stereocenters. The molecule has 2 amide bonds. The van der Waals surface area contributed by atoms with E-state index >= 15 is 0 Å². The fourth-order valence-corrected chi connectivity index (χ4v) is 6.61. The Bertz CT molecular complexity index is 1670. The molecular weight excluding hydrogens is 600 g/mol. The molecule has 1 fully saturated rings. The fraction of sp³-hybridized carbons (Fsp3) is 0.261. The predicted octanol–water partition coefficient (Wildman–Crippen LogP) is -0.972. The zero-order valence-corrected chi connectivity index (χ0v) is 23.4. The average molecular weight is 621 g/mol. The van der Waals surface area contributed by atoms with Crippen LogP contribution in [0.2, 0.25) is 4.34 Å². The van der Waals surface area contributed by atoms with Crippen molar-refractivity contribution in [2.75, 3.05) is 17.2 Å². The maximum Gasteiger partial charge on any atom is 0.347 e. The van der Waals surface area contributed by atoms with E-state index < -0.39 is 47.0 Å². The molecule has 5 heterocycles. The lowest BCUT2D eigenvalue weighted by atomic mass is 10.0. The van der Waals surface area contributed by atoms with Crippen molar-refractivity contribution in [2.45, 2.75) is 31.0 Å². The Kier molecular flexibility index (Phi) is 7.50. The number of aliphatic carboxylic acids is 2. The van der Waals surface area contributed by atoms with Crippen LogP contribution in [-0.4, -0.2) is 72.7 Å². The first-order valence-corrected chi connectivity index (χ1v) is 14.0. The zero-order valence-electron chi connectivity index (χ0n) is 21.0. The molecule has 5 rings (SSSR count). The second-order valence-corrected chi connectivity index (χ2v) is 11.7. The summed E-state index contributed by atoms with van der Waals surface area (Å²) < 4.78 is 1.79. The van der Waals surface area contributed by atoms with Gasteiger partial charge in [0, 0.05) is 17.4 Å².